The molecule has 106 valence electrons. The zero-order valence-corrected chi connectivity index (χ0v) is 12.3. The lowest BCUT2D eigenvalue weighted by Gasteiger charge is -2.18. The topological polar surface area (TPSA) is 63.4 Å². The minimum Gasteiger partial charge on any atom is -0.399 e. The summed E-state index contributed by atoms with van der Waals surface area (Å²) in [4.78, 5) is -0.465. The van der Waals surface area contributed by atoms with Gasteiger partial charge >= 0.3 is 0 Å². The number of hydrogen-bond donors (Lipinski definition) is 1. The maximum absolute atomic E-state index is 13.9. The molecule has 2 rings (SSSR count). The van der Waals surface area contributed by atoms with Crippen LogP contribution in [-0.2, 0) is 10.0 Å². The Morgan fingerprint density at radius 1 is 1.53 bits per heavy atom. The standard InChI is InChI=1S/C12H16ClFN2O2S/c1-7-3-8(7)6-16(2)19(17,18)11-5-9(15)4-10(13)12(11)14/h4-5,7-8H,3,6,15H2,1-2H3. The number of benzene rings is 1. The number of nitrogens with zero attached hydrogens (tertiary/aromatic N) is 1. The summed E-state index contributed by atoms with van der Waals surface area (Å²) >= 11 is 5.63. The van der Waals surface area contributed by atoms with E-state index < -0.39 is 20.7 Å². The maximum atomic E-state index is 13.9. The van der Waals surface area contributed by atoms with Gasteiger partial charge in [0, 0.05) is 19.3 Å². The Morgan fingerprint density at radius 3 is 2.63 bits per heavy atom. The van der Waals surface area contributed by atoms with Crippen molar-refractivity contribution in [1.29, 1.82) is 0 Å². The molecular weight excluding hydrogens is 291 g/mol. The van der Waals surface area contributed by atoms with Crippen LogP contribution in [-0.4, -0.2) is 26.3 Å². The fourth-order valence-electron chi connectivity index (χ4n) is 2.02. The first kappa shape index (κ1) is 14.6. The summed E-state index contributed by atoms with van der Waals surface area (Å²) in [5.74, 6) is -0.0853. The van der Waals surface area contributed by atoms with E-state index in [0.717, 1.165) is 16.8 Å². The SMILES string of the molecule is CC1CC1CN(C)S(=O)(=O)c1cc(N)cc(Cl)c1F. The van der Waals surface area contributed by atoms with E-state index in [9.17, 15) is 12.8 Å². The molecule has 2 unspecified atom stereocenters. The average Bonchev–Trinajstić information content (AvgIpc) is 2.99. The summed E-state index contributed by atoms with van der Waals surface area (Å²) in [7, 11) is -2.46. The molecule has 0 amide bonds. The van der Waals surface area contributed by atoms with E-state index in [-0.39, 0.29) is 10.7 Å². The molecule has 0 saturated heterocycles. The molecule has 0 aliphatic heterocycles. The summed E-state index contributed by atoms with van der Waals surface area (Å²) in [5.41, 5.74) is 5.65. The molecular formula is C12H16ClFN2O2S. The summed E-state index contributed by atoms with van der Waals surface area (Å²) in [6, 6.07) is 2.29. The van der Waals surface area contributed by atoms with E-state index in [4.69, 9.17) is 17.3 Å². The van der Waals surface area contributed by atoms with E-state index in [1.807, 2.05) is 0 Å². The molecule has 0 radical (unpaired) electrons. The van der Waals surface area contributed by atoms with Gasteiger partial charge in [-0.05, 0) is 30.4 Å². The average molecular weight is 307 g/mol. The first-order valence-electron chi connectivity index (χ1n) is 5.94. The number of anilines is 1. The molecule has 0 heterocycles. The molecule has 7 heteroatoms. The lowest BCUT2D eigenvalue weighted by atomic mass is 10.3. The van der Waals surface area contributed by atoms with Crippen LogP contribution in [0.1, 0.15) is 13.3 Å². The summed E-state index contributed by atoms with van der Waals surface area (Å²) in [6.07, 6.45) is 1.00. The minimum atomic E-state index is -3.90. The fraction of sp³-hybridized carbons (Fsp3) is 0.500. The van der Waals surface area contributed by atoms with E-state index in [1.165, 1.54) is 13.1 Å². The monoisotopic (exact) mass is 306 g/mol. The molecule has 2 atom stereocenters. The van der Waals surface area contributed by atoms with E-state index in [1.54, 1.807) is 0 Å². The van der Waals surface area contributed by atoms with Gasteiger partial charge in [0.25, 0.3) is 0 Å². The van der Waals surface area contributed by atoms with Gasteiger partial charge in [0.1, 0.15) is 4.90 Å². The lowest BCUT2D eigenvalue weighted by molar-refractivity contribution is 0.440. The van der Waals surface area contributed by atoms with Crippen molar-refractivity contribution < 1.29 is 12.8 Å². The maximum Gasteiger partial charge on any atom is 0.245 e. The highest BCUT2D eigenvalue weighted by Gasteiger charge is 2.37. The molecule has 0 bridgehead atoms. The minimum absolute atomic E-state index is 0.123. The van der Waals surface area contributed by atoms with Crippen molar-refractivity contribution in [2.24, 2.45) is 11.8 Å². The Kier molecular flexibility index (Phi) is 3.77. The number of nitrogen functional groups attached to an aromatic ring is 1. The smallest absolute Gasteiger partial charge is 0.245 e. The van der Waals surface area contributed by atoms with Crippen LogP contribution in [0.4, 0.5) is 10.1 Å². The predicted octanol–water partition coefficient (Wildman–Crippen LogP) is 2.34. The predicted molar refractivity (Wildman–Crippen MR) is 72.9 cm³/mol. The van der Waals surface area contributed by atoms with Crippen LogP contribution in [0.2, 0.25) is 5.02 Å². The lowest BCUT2D eigenvalue weighted by Crippen LogP contribution is -2.30. The second kappa shape index (κ2) is 4.92. The molecule has 19 heavy (non-hydrogen) atoms. The van der Waals surface area contributed by atoms with Crippen molar-refractivity contribution in [2.75, 3.05) is 19.3 Å². The third-order valence-electron chi connectivity index (χ3n) is 3.47. The van der Waals surface area contributed by atoms with Gasteiger partial charge in [-0.25, -0.2) is 17.1 Å². The molecule has 1 aliphatic carbocycles. The second-order valence-electron chi connectivity index (χ2n) is 5.07. The van der Waals surface area contributed by atoms with E-state index in [0.29, 0.717) is 18.4 Å². The van der Waals surface area contributed by atoms with E-state index >= 15 is 0 Å². The molecule has 0 aromatic heterocycles. The van der Waals surface area contributed by atoms with E-state index in [2.05, 4.69) is 6.92 Å². The molecule has 1 saturated carbocycles. The third-order valence-corrected chi connectivity index (χ3v) is 5.57. The first-order valence-corrected chi connectivity index (χ1v) is 7.76. The highest BCUT2D eigenvalue weighted by Crippen LogP contribution is 2.39. The van der Waals surface area contributed by atoms with Crippen LogP contribution in [0.15, 0.2) is 17.0 Å². The molecule has 2 N–H and O–H groups in total. The molecule has 1 aromatic carbocycles. The Hall–Kier alpha value is -0.850. The van der Waals surface area contributed by atoms with Crippen LogP contribution in [0.3, 0.4) is 0 Å². The second-order valence-corrected chi connectivity index (χ2v) is 7.49. The van der Waals surface area contributed by atoms with Gasteiger partial charge in [-0.3, -0.25) is 0 Å². The van der Waals surface area contributed by atoms with Gasteiger partial charge in [0.15, 0.2) is 5.82 Å². The van der Waals surface area contributed by atoms with Crippen LogP contribution in [0.25, 0.3) is 0 Å². The van der Waals surface area contributed by atoms with Crippen LogP contribution < -0.4 is 5.73 Å². The van der Waals surface area contributed by atoms with Crippen molar-refractivity contribution >= 4 is 27.3 Å². The fourth-order valence-corrected chi connectivity index (χ4v) is 3.65. The normalized spacial score (nSPS) is 22.8. The van der Waals surface area contributed by atoms with Crippen molar-refractivity contribution in [1.82, 2.24) is 4.31 Å². The summed E-state index contributed by atoms with van der Waals surface area (Å²) in [6.45, 7) is 2.44. The highest BCUT2D eigenvalue weighted by molar-refractivity contribution is 7.89. The highest BCUT2D eigenvalue weighted by atomic mass is 35.5. The van der Waals surface area contributed by atoms with Crippen molar-refractivity contribution in [3.8, 4) is 0 Å². The van der Waals surface area contributed by atoms with Crippen LogP contribution in [0, 0.1) is 17.7 Å². The zero-order valence-electron chi connectivity index (χ0n) is 10.7. The molecule has 1 fully saturated rings. The Balaban J connectivity index is 2.33. The Labute approximate surface area is 117 Å². The number of sulfonamides is 1. The Morgan fingerprint density at radius 2 is 2.11 bits per heavy atom. The molecule has 0 spiro atoms. The molecule has 4 nitrogen and oxygen atoms in total. The third kappa shape index (κ3) is 2.85. The van der Waals surface area contributed by atoms with Crippen molar-refractivity contribution in [3.05, 3.63) is 23.0 Å². The van der Waals surface area contributed by atoms with Crippen molar-refractivity contribution in [3.63, 3.8) is 0 Å². The largest absolute Gasteiger partial charge is 0.399 e. The van der Waals surface area contributed by atoms with Gasteiger partial charge in [-0.2, -0.15) is 0 Å². The molecule has 1 aliphatic rings. The number of rotatable bonds is 4. The first-order chi connectivity index (χ1) is 8.73. The Bertz CT molecular complexity index is 606. The van der Waals surface area contributed by atoms with Crippen LogP contribution in [0.5, 0.6) is 0 Å². The van der Waals surface area contributed by atoms with Gasteiger partial charge in [-0.1, -0.05) is 18.5 Å². The van der Waals surface area contributed by atoms with Gasteiger partial charge in [0.05, 0.1) is 5.02 Å². The van der Waals surface area contributed by atoms with Gasteiger partial charge in [-0.15, -0.1) is 0 Å². The zero-order chi connectivity index (χ0) is 14.4. The van der Waals surface area contributed by atoms with Crippen molar-refractivity contribution in [2.45, 2.75) is 18.2 Å². The molecule has 1 aromatic rings. The van der Waals surface area contributed by atoms with Gasteiger partial charge in [0.2, 0.25) is 10.0 Å². The number of hydrogen-bond acceptors (Lipinski definition) is 3. The number of nitrogens with two attached hydrogens (primary N) is 1. The number of halogens is 2. The van der Waals surface area contributed by atoms with Gasteiger partial charge < -0.3 is 5.73 Å². The van der Waals surface area contributed by atoms with Crippen LogP contribution >= 0.6 is 11.6 Å². The summed E-state index contributed by atoms with van der Waals surface area (Å²) < 4.78 is 39.6. The summed E-state index contributed by atoms with van der Waals surface area (Å²) in [5, 5.41) is -0.285. The quantitative estimate of drug-likeness (QED) is 0.868.